The topological polar surface area (TPSA) is 92.6 Å². The molecule has 27 heavy (non-hydrogen) atoms. The van der Waals surface area contributed by atoms with Crippen LogP contribution < -0.4 is 9.62 Å². The zero-order chi connectivity index (χ0) is 19.4. The van der Waals surface area contributed by atoms with E-state index in [0.717, 1.165) is 24.3 Å². The van der Waals surface area contributed by atoms with Gasteiger partial charge in [0.2, 0.25) is 10.0 Å². The molecule has 3 rings (SSSR count). The van der Waals surface area contributed by atoms with Crippen molar-refractivity contribution in [2.24, 2.45) is 5.92 Å². The van der Waals surface area contributed by atoms with Crippen molar-refractivity contribution in [3.05, 3.63) is 64.2 Å². The molecule has 2 aromatic rings. The molecule has 0 spiro atoms. The summed E-state index contributed by atoms with van der Waals surface area (Å²) in [5.74, 6) is 0.687. The van der Waals surface area contributed by atoms with Crippen molar-refractivity contribution < 1.29 is 13.3 Å². The number of sulfonamides is 1. The lowest BCUT2D eigenvalue weighted by atomic mass is 9.99. The van der Waals surface area contributed by atoms with Gasteiger partial charge in [-0.15, -0.1) is 0 Å². The molecular weight excluding hydrogens is 366 g/mol. The summed E-state index contributed by atoms with van der Waals surface area (Å²) in [5, 5.41) is 10.7. The van der Waals surface area contributed by atoms with E-state index >= 15 is 0 Å². The van der Waals surface area contributed by atoms with Crippen LogP contribution in [0.15, 0.2) is 53.4 Å². The van der Waals surface area contributed by atoms with Gasteiger partial charge in [0.15, 0.2) is 0 Å². The molecule has 144 valence electrons. The normalized spacial score (nSPS) is 17.7. The first-order valence-corrected chi connectivity index (χ1v) is 10.4. The zero-order valence-electron chi connectivity index (χ0n) is 15.2. The molecule has 1 saturated heterocycles. The monoisotopic (exact) mass is 389 g/mol. The number of nitro benzene ring substituents is 1. The molecule has 0 bridgehead atoms. The van der Waals surface area contributed by atoms with Crippen LogP contribution in [0, 0.1) is 16.0 Å². The largest absolute Gasteiger partial charge is 0.371 e. The smallest absolute Gasteiger partial charge is 0.269 e. The summed E-state index contributed by atoms with van der Waals surface area (Å²) in [6, 6.07) is 12.7. The number of hydrogen-bond donors (Lipinski definition) is 1. The molecule has 0 saturated carbocycles. The molecule has 7 nitrogen and oxygen atoms in total. The minimum absolute atomic E-state index is 0.00650. The van der Waals surface area contributed by atoms with Gasteiger partial charge < -0.3 is 4.90 Å². The van der Waals surface area contributed by atoms with E-state index in [1.165, 1.54) is 37.1 Å². The van der Waals surface area contributed by atoms with Crippen LogP contribution in [0.25, 0.3) is 0 Å². The highest BCUT2D eigenvalue weighted by Crippen LogP contribution is 2.23. The Labute approximate surface area is 159 Å². The third-order valence-electron chi connectivity index (χ3n) is 4.78. The number of nitrogens with one attached hydrogen (secondary N) is 1. The van der Waals surface area contributed by atoms with E-state index in [1.807, 2.05) is 24.3 Å². The molecule has 0 radical (unpaired) electrons. The minimum Gasteiger partial charge on any atom is -0.371 e. The standard InChI is InChI=1S/C19H23N3O4S/c1-15-3-2-12-21(14-15)17-6-4-16(5-7-17)13-20-27(25,26)19-10-8-18(9-11-19)22(23)24/h4-11,15,20H,2-3,12-14H2,1H3/t15-/m1/s1. The van der Waals surface area contributed by atoms with Gasteiger partial charge in [0.1, 0.15) is 0 Å². The average Bonchev–Trinajstić information content (AvgIpc) is 2.67. The van der Waals surface area contributed by atoms with Crippen LogP contribution >= 0.6 is 0 Å². The third kappa shape index (κ3) is 4.84. The molecule has 2 aromatic carbocycles. The lowest BCUT2D eigenvalue weighted by Crippen LogP contribution is -2.34. The Morgan fingerprint density at radius 3 is 2.41 bits per heavy atom. The summed E-state index contributed by atoms with van der Waals surface area (Å²) in [6.07, 6.45) is 2.46. The summed E-state index contributed by atoms with van der Waals surface area (Å²) in [6.45, 7) is 4.52. The van der Waals surface area contributed by atoms with E-state index in [2.05, 4.69) is 16.5 Å². The van der Waals surface area contributed by atoms with Crippen LogP contribution in [0.3, 0.4) is 0 Å². The second kappa shape index (κ2) is 8.06. The average molecular weight is 389 g/mol. The maximum Gasteiger partial charge on any atom is 0.269 e. The van der Waals surface area contributed by atoms with Crippen LogP contribution in [-0.4, -0.2) is 26.4 Å². The maximum absolute atomic E-state index is 12.3. The summed E-state index contributed by atoms with van der Waals surface area (Å²) >= 11 is 0. The van der Waals surface area contributed by atoms with Crippen molar-refractivity contribution in [1.29, 1.82) is 0 Å². The van der Waals surface area contributed by atoms with Gasteiger partial charge in [-0.05, 0) is 48.6 Å². The van der Waals surface area contributed by atoms with Gasteiger partial charge >= 0.3 is 0 Å². The van der Waals surface area contributed by atoms with Gasteiger partial charge in [-0.2, -0.15) is 0 Å². The molecule has 1 atom stereocenters. The van der Waals surface area contributed by atoms with E-state index in [4.69, 9.17) is 0 Å². The Hall–Kier alpha value is -2.45. The van der Waals surface area contributed by atoms with Crippen LogP contribution in [0.5, 0.6) is 0 Å². The first kappa shape index (κ1) is 19.3. The van der Waals surface area contributed by atoms with Gasteiger partial charge in [-0.1, -0.05) is 19.1 Å². The van der Waals surface area contributed by atoms with Gasteiger partial charge in [-0.25, -0.2) is 13.1 Å². The van der Waals surface area contributed by atoms with Crippen molar-refractivity contribution >= 4 is 21.4 Å². The number of rotatable bonds is 6. The fourth-order valence-corrected chi connectivity index (χ4v) is 4.27. The second-order valence-electron chi connectivity index (χ2n) is 6.94. The number of hydrogen-bond acceptors (Lipinski definition) is 5. The number of benzene rings is 2. The van der Waals surface area contributed by atoms with Gasteiger partial charge in [0.25, 0.3) is 5.69 Å². The van der Waals surface area contributed by atoms with Crippen LogP contribution in [0.2, 0.25) is 0 Å². The van der Waals surface area contributed by atoms with Crippen molar-refractivity contribution in [3.63, 3.8) is 0 Å². The van der Waals surface area contributed by atoms with E-state index < -0.39 is 14.9 Å². The highest BCUT2D eigenvalue weighted by atomic mass is 32.2. The lowest BCUT2D eigenvalue weighted by molar-refractivity contribution is -0.384. The van der Waals surface area contributed by atoms with Crippen LogP contribution in [-0.2, 0) is 16.6 Å². The van der Waals surface area contributed by atoms with Crippen molar-refractivity contribution in [1.82, 2.24) is 4.72 Å². The number of non-ortho nitro benzene ring substituents is 1. The summed E-state index contributed by atoms with van der Waals surface area (Å²) in [4.78, 5) is 12.5. The Morgan fingerprint density at radius 2 is 1.81 bits per heavy atom. The molecule has 1 aliphatic rings. The third-order valence-corrected chi connectivity index (χ3v) is 6.20. The predicted molar refractivity (Wildman–Crippen MR) is 104 cm³/mol. The molecule has 0 amide bonds. The molecule has 0 aliphatic carbocycles. The molecule has 0 unspecified atom stereocenters. The first-order valence-electron chi connectivity index (χ1n) is 8.93. The number of piperidine rings is 1. The minimum atomic E-state index is -3.72. The van der Waals surface area contributed by atoms with Crippen molar-refractivity contribution in [2.75, 3.05) is 18.0 Å². The quantitative estimate of drug-likeness (QED) is 0.604. The SMILES string of the molecule is C[C@@H]1CCCN(c2ccc(CNS(=O)(=O)c3ccc([N+](=O)[O-])cc3)cc2)C1. The molecule has 1 heterocycles. The predicted octanol–water partition coefficient (Wildman–Crippen LogP) is 3.31. The number of nitro groups is 1. The Balaban J connectivity index is 1.62. The van der Waals surface area contributed by atoms with Crippen LogP contribution in [0.4, 0.5) is 11.4 Å². The highest BCUT2D eigenvalue weighted by molar-refractivity contribution is 7.89. The number of anilines is 1. The van der Waals surface area contributed by atoms with E-state index in [0.29, 0.717) is 5.92 Å². The van der Waals surface area contributed by atoms with E-state index in [-0.39, 0.29) is 17.1 Å². The van der Waals surface area contributed by atoms with E-state index in [9.17, 15) is 18.5 Å². The number of nitrogens with zero attached hydrogens (tertiary/aromatic N) is 2. The van der Waals surface area contributed by atoms with Crippen LogP contribution in [0.1, 0.15) is 25.3 Å². The fourth-order valence-electron chi connectivity index (χ4n) is 3.26. The Kier molecular flexibility index (Phi) is 5.76. The highest BCUT2D eigenvalue weighted by Gasteiger charge is 2.17. The molecule has 8 heteroatoms. The Morgan fingerprint density at radius 1 is 1.15 bits per heavy atom. The van der Waals surface area contributed by atoms with Crippen molar-refractivity contribution in [3.8, 4) is 0 Å². The zero-order valence-corrected chi connectivity index (χ0v) is 16.0. The summed E-state index contributed by atoms with van der Waals surface area (Å²) in [5.41, 5.74) is 1.87. The maximum atomic E-state index is 12.3. The Bertz CT molecular complexity index is 896. The van der Waals surface area contributed by atoms with Gasteiger partial charge in [0, 0.05) is 37.5 Å². The molecule has 1 aliphatic heterocycles. The second-order valence-corrected chi connectivity index (χ2v) is 8.70. The molecule has 1 fully saturated rings. The van der Waals surface area contributed by atoms with Crippen molar-refractivity contribution in [2.45, 2.75) is 31.2 Å². The summed E-state index contributed by atoms with van der Waals surface area (Å²) in [7, 11) is -3.72. The fraction of sp³-hybridized carbons (Fsp3) is 0.368. The molecular formula is C19H23N3O4S. The van der Waals surface area contributed by atoms with Gasteiger partial charge in [0.05, 0.1) is 9.82 Å². The van der Waals surface area contributed by atoms with E-state index in [1.54, 1.807) is 0 Å². The first-order chi connectivity index (χ1) is 12.8. The summed E-state index contributed by atoms with van der Waals surface area (Å²) < 4.78 is 27.2. The molecule has 1 N–H and O–H groups in total. The lowest BCUT2D eigenvalue weighted by Gasteiger charge is -2.32. The molecule has 0 aromatic heterocycles. The van der Waals surface area contributed by atoms with Gasteiger partial charge in [-0.3, -0.25) is 10.1 Å².